The first-order valence-electron chi connectivity index (χ1n) is 4.13. The van der Waals surface area contributed by atoms with Gasteiger partial charge in [0.1, 0.15) is 5.82 Å². The first-order valence-corrected chi connectivity index (χ1v) is 4.51. The number of hydrogen-bond acceptors (Lipinski definition) is 3. The van der Waals surface area contributed by atoms with E-state index in [1.54, 1.807) is 0 Å². The monoisotopic (exact) mass is 248 g/mol. The maximum absolute atomic E-state index is 12.6. The first-order chi connectivity index (χ1) is 7.47. The third kappa shape index (κ3) is 2.16. The Labute approximate surface area is 92.8 Å². The Kier molecular flexibility index (Phi) is 2.59. The van der Waals surface area contributed by atoms with Gasteiger partial charge >= 0.3 is 11.3 Å². The van der Waals surface area contributed by atoms with Crippen LogP contribution in [0.15, 0.2) is 28.8 Å². The van der Waals surface area contributed by atoms with Crippen LogP contribution in [-0.2, 0) is 5.38 Å². The SMILES string of the molecule is Fc1ccc(-c2noc(C(F)(F)Cl)n2)cc1. The van der Waals surface area contributed by atoms with Crippen LogP contribution < -0.4 is 0 Å². The van der Waals surface area contributed by atoms with Gasteiger partial charge in [-0.1, -0.05) is 5.16 Å². The van der Waals surface area contributed by atoms with E-state index in [4.69, 9.17) is 11.6 Å². The van der Waals surface area contributed by atoms with Crippen molar-refractivity contribution < 1.29 is 17.7 Å². The van der Waals surface area contributed by atoms with Crippen LogP contribution in [-0.4, -0.2) is 10.1 Å². The average molecular weight is 249 g/mol. The summed E-state index contributed by atoms with van der Waals surface area (Å²) >= 11 is 4.69. The van der Waals surface area contributed by atoms with E-state index in [-0.39, 0.29) is 5.82 Å². The van der Waals surface area contributed by atoms with E-state index < -0.39 is 17.1 Å². The zero-order valence-electron chi connectivity index (χ0n) is 7.62. The number of benzene rings is 1. The Bertz CT molecular complexity index is 492. The van der Waals surface area contributed by atoms with Gasteiger partial charge in [0.25, 0.3) is 0 Å². The van der Waals surface area contributed by atoms with Crippen molar-refractivity contribution in [3.05, 3.63) is 36.0 Å². The molecule has 0 unspecified atom stereocenters. The molecule has 1 heterocycles. The fourth-order valence-electron chi connectivity index (χ4n) is 1.05. The molecular formula is C9H4ClF3N2O. The highest BCUT2D eigenvalue weighted by Crippen LogP contribution is 2.31. The summed E-state index contributed by atoms with van der Waals surface area (Å²) in [4.78, 5) is 3.40. The third-order valence-corrected chi connectivity index (χ3v) is 1.93. The normalized spacial score (nSPS) is 11.8. The second-order valence-electron chi connectivity index (χ2n) is 2.93. The van der Waals surface area contributed by atoms with Crippen LogP contribution in [0.3, 0.4) is 0 Å². The highest BCUT2D eigenvalue weighted by molar-refractivity contribution is 6.21. The van der Waals surface area contributed by atoms with Gasteiger partial charge in [-0.2, -0.15) is 13.8 Å². The molecule has 0 amide bonds. The largest absolute Gasteiger partial charge is 0.400 e. The second-order valence-corrected chi connectivity index (χ2v) is 3.40. The Balaban J connectivity index is 2.35. The molecule has 1 aromatic carbocycles. The number of halogens is 4. The van der Waals surface area contributed by atoms with E-state index in [0.717, 1.165) is 12.1 Å². The molecule has 0 aliphatic carbocycles. The van der Waals surface area contributed by atoms with Gasteiger partial charge in [0, 0.05) is 5.56 Å². The molecule has 7 heteroatoms. The molecule has 0 spiro atoms. The summed E-state index contributed by atoms with van der Waals surface area (Å²) in [7, 11) is 0. The van der Waals surface area contributed by atoms with Crippen LogP contribution >= 0.6 is 11.6 Å². The molecule has 0 fully saturated rings. The van der Waals surface area contributed by atoms with Crippen molar-refractivity contribution in [1.82, 2.24) is 10.1 Å². The summed E-state index contributed by atoms with van der Waals surface area (Å²) in [5, 5.41) is -0.394. The zero-order valence-corrected chi connectivity index (χ0v) is 8.38. The molecule has 84 valence electrons. The molecule has 2 aromatic rings. The lowest BCUT2D eigenvalue weighted by Crippen LogP contribution is -2.03. The van der Waals surface area contributed by atoms with Gasteiger partial charge in [-0.3, -0.25) is 0 Å². The van der Waals surface area contributed by atoms with Crippen LogP contribution in [0.5, 0.6) is 0 Å². The fraction of sp³-hybridized carbons (Fsp3) is 0.111. The molecule has 0 aliphatic rings. The number of aromatic nitrogens is 2. The standard InChI is InChI=1S/C9H4ClF3N2O/c10-9(12,13)8-14-7(15-16-8)5-1-3-6(11)4-2-5/h1-4H. The average Bonchev–Trinajstić information content (AvgIpc) is 2.67. The van der Waals surface area contributed by atoms with Crippen molar-refractivity contribution >= 4 is 11.6 Å². The summed E-state index contributed by atoms with van der Waals surface area (Å²) in [6.07, 6.45) is 0. The number of rotatable bonds is 2. The lowest BCUT2D eigenvalue weighted by Gasteiger charge is -1.97. The van der Waals surface area contributed by atoms with Crippen molar-refractivity contribution in [3.63, 3.8) is 0 Å². The Morgan fingerprint density at radius 1 is 1.19 bits per heavy atom. The van der Waals surface area contributed by atoms with Crippen molar-refractivity contribution in [3.8, 4) is 11.4 Å². The number of nitrogens with zero attached hydrogens (tertiary/aromatic N) is 2. The minimum atomic E-state index is -3.70. The van der Waals surface area contributed by atoms with E-state index in [9.17, 15) is 13.2 Å². The topological polar surface area (TPSA) is 38.9 Å². The van der Waals surface area contributed by atoms with Gasteiger partial charge in [0.2, 0.25) is 5.82 Å². The van der Waals surface area contributed by atoms with Gasteiger partial charge in [0.15, 0.2) is 0 Å². The molecule has 0 atom stereocenters. The summed E-state index contributed by atoms with van der Waals surface area (Å²) < 4.78 is 42.0. The molecule has 0 aliphatic heterocycles. The minimum Gasteiger partial charge on any atom is -0.331 e. The lowest BCUT2D eigenvalue weighted by atomic mass is 10.2. The van der Waals surface area contributed by atoms with E-state index in [1.165, 1.54) is 12.1 Å². The Morgan fingerprint density at radius 2 is 1.81 bits per heavy atom. The van der Waals surface area contributed by atoms with Gasteiger partial charge in [-0.05, 0) is 35.9 Å². The summed E-state index contributed by atoms with van der Waals surface area (Å²) in [6.45, 7) is 0. The second kappa shape index (κ2) is 3.79. The number of hydrogen-bond donors (Lipinski definition) is 0. The summed E-state index contributed by atoms with van der Waals surface area (Å²) in [5.41, 5.74) is 0.359. The highest BCUT2D eigenvalue weighted by Gasteiger charge is 2.35. The van der Waals surface area contributed by atoms with Crippen molar-refractivity contribution in [2.24, 2.45) is 0 Å². The molecule has 0 saturated heterocycles. The van der Waals surface area contributed by atoms with Crippen LogP contribution in [0.1, 0.15) is 5.89 Å². The van der Waals surface area contributed by atoms with Gasteiger partial charge < -0.3 is 4.52 Å². The maximum Gasteiger partial charge on any atom is 0.400 e. The zero-order chi connectivity index (χ0) is 11.8. The molecule has 0 N–H and O–H groups in total. The molecule has 0 saturated carbocycles. The van der Waals surface area contributed by atoms with Gasteiger partial charge in [-0.25, -0.2) is 4.39 Å². The summed E-state index contributed by atoms with van der Waals surface area (Å²) in [6, 6.07) is 5.00. The van der Waals surface area contributed by atoms with Crippen molar-refractivity contribution in [1.29, 1.82) is 0 Å². The lowest BCUT2D eigenvalue weighted by molar-refractivity contribution is 0.0551. The fourth-order valence-corrected chi connectivity index (χ4v) is 1.13. The van der Waals surface area contributed by atoms with Crippen LogP contribution in [0, 0.1) is 5.82 Å². The van der Waals surface area contributed by atoms with E-state index >= 15 is 0 Å². The van der Waals surface area contributed by atoms with E-state index in [1.807, 2.05) is 0 Å². The Hall–Kier alpha value is -1.56. The predicted octanol–water partition coefficient (Wildman–Crippen LogP) is 3.16. The molecule has 0 radical (unpaired) electrons. The summed E-state index contributed by atoms with van der Waals surface area (Å²) in [5.74, 6) is -1.51. The molecular weight excluding hydrogens is 245 g/mol. The van der Waals surface area contributed by atoms with Gasteiger partial charge in [0.05, 0.1) is 0 Å². The van der Waals surface area contributed by atoms with Crippen molar-refractivity contribution in [2.75, 3.05) is 0 Å². The first kappa shape index (κ1) is 10.9. The maximum atomic E-state index is 12.6. The van der Waals surface area contributed by atoms with E-state index in [0.29, 0.717) is 5.56 Å². The van der Waals surface area contributed by atoms with Crippen LogP contribution in [0.2, 0.25) is 0 Å². The Morgan fingerprint density at radius 3 is 2.31 bits per heavy atom. The molecule has 2 rings (SSSR count). The van der Waals surface area contributed by atoms with Crippen LogP contribution in [0.25, 0.3) is 11.4 Å². The molecule has 1 aromatic heterocycles. The molecule has 16 heavy (non-hydrogen) atoms. The van der Waals surface area contributed by atoms with Crippen molar-refractivity contribution in [2.45, 2.75) is 5.38 Å². The van der Waals surface area contributed by atoms with Gasteiger partial charge in [-0.15, -0.1) is 0 Å². The predicted molar refractivity (Wildman–Crippen MR) is 49.4 cm³/mol. The molecule has 3 nitrogen and oxygen atoms in total. The van der Waals surface area contributed by atoms with E-state index in [2.05, 4.69) is 14.7 Å². The van der Waals surface area contributed by atoms with Crippen LogP contribution in [0.4, 0.5) is 13.2 Å². The number of alkyl halides is 3. The highest BCUT2D eigenvalue weighted by atomic mass is 35.5. The molecule has 0 bridgehead atoms. The minimum absolute atomic E-state index is 0.0738. The quantitative estimate of drug-likeness (QED) is 0.767. The third-order valence-electron chi connectivity index (χ3n) is 1.77. The smallest absolute Gasteiger partial charge is 0.331 e.